The van der Waals surface area contributed by atoms with Gasteiger partial charge < -0.3 is 9.64 Å². The molecule has 2 rings (SSSR count). The average Bonchev–Trinajstić information content (AvgIpc) is 3.08. The monoisotopic (exact) mass is 309 g/mol. The van der Waals surface area contributed by atoms with Gasteiger partial charge in [-0.1, -0.05) is 12.1 Å². The maximum Gasteiger partial charge on any atom is 0.303 e. The Labute approximate surface area is 125 Å². The number of hydrogen-bond acceptors (Lipinski definition) is 5. The summed E-state index contributed by atoms with van der Waals surface area (Å²) < 4.78 is 4.80. The molecule has 2 aromatic rings. The van der Waals surface area contributed by atoms with Crippen LogP contribution < -0.4 is 0 Å². The molecule has 106 valence electrons. The number of nitrogens with zero attached hydrogens (tertiary/aromatic N) is 1. The fourth-order valence-corrected chi connectivity index (χ4v) is 3.11. The molecule has 2 aromatic heterocycles. The minimum absolute atomic E-state index is 0.179. The zero-order valence-electron chi connectivity index (χ0n) is 11.1. The minimum atomic E-state index is -0.439. The van der Waals surface area contributed by atoms with Gasteiger partial charge in [-0.25, -0.2) is 0 Å². The van der Waals surface area contributed by atoms with Gasteiger partial charge in [0.05, 0.1) is 13.1 Å². The Morgan fingerprint density at radius 3 is 2.05 bits per heavy atom. The van der Waals surface area contributed by atoms with E-state index in [1.54, 1.807) is 27.6 Å². The fourth-order valence-electron chi connectivity index (χ4n) is 1.67. The standard InChI is InChI=1S/C14H15NO3S2/c1-11(16)18-10-14(17)15(8-12-4-2-6-19-12)9-13-5-3-7-20-13/h2-7H,8-10H2,1H3. The minimum Gasteiger partial charge on any atom is -0.456 e. The summed E-state index contributed by atoms with van der Waals surface area (Å²) in [5, 5.41) is 3.96. The maximum atomic E-state index is 12.2. The van der Waals surface area contributed by atoms with Gasteiger partial charge in [0.25, 0.3) is 5.91 Å². The number of carbonyl (C=O) groups excluding carboxylic acids is 2. The first-order valence-electron chi connectivity index (χ1n) is 6.11. The van der Waals surface area contributed by atoms with Crippen molar-refractivity contribution in [3.8, 4) is 0 Å². The third kappa shape index (κ3) is 4.47. The van der Waals surface area contributed by atoms with Gasteiger partial charge in [-0.05, 0) is 22.9 Å². The van der Waals surface area contributed by atoms with Gasteiger partial charge in [-0.15, -0.1) is 22.7 Å². The summed E-state index contributed by atoms with van der Waals surface area (Å²) >= 11 is 3.21. The molecule has 0 saturated carbocycles. The van der Waals surface area contributed by atoms with Crippen molar-refractivity contribution >= 4 is 34.6 Å². The first kappa shape index (κ1) is 14.7. The Bertz CT molecular complexity index is 513. The molecule has 0 atom stereocenters. The van der Waals surface area contributed by atoms with E-state index in [2.05, 4.69) is 0 Å². The van der Waals surface area contributed by atoms with E-state index >= 15 is 0 Å². The summed E-state index contributed by atoms with van der Waals surface area (Å²) in [6.45, 7) is 2.17. The molecule has 6 heteroatoms. The molecule has 1 amide bonds. The molecule has 0 aromatic carbocycles. The molecule has 0 aliphatic heterocycles. The molecule has 0 radical (unpaired) electrons. The topological polar surface area (TPSA) is 46.6 Å². The number of ether oxygens (including phenoxy) is 1. The van der Waals surface area contributed by atoms with Crippen molar-refractivity contribution in [3.63, 3.8) is 0 Å². The molecule has 4 nitrogen and oxygen atoms in total. The summed E-state index contributed by atoms with van der Waals surface area (Å²) in [5.41, 5.74) is 0. The summed E-state index contributed by atoms with van der Waals surface area (Å²) in [6.07, 6.45) is 0. The highest BCUT2D eigenvalue weighted by atomic mass is 32.1. The van der Waals surface area contributed by atoms with Gasteiger partial charge in [0.2, 0.25) is 0 Å². The Hall–Kier alpha value is -1.66. The third-order valence-electron chi connectivity index (χ3n) is 2.61. The molecule has 0 N–H and O–H groups in total. The van der Waals surface area contributed by atoms with Crippen LogP contribution in [0.5, 0.6) is 0 Å². The van der Waals surface area contributed by atoms with E-state index in [1.807, 2.05) is 35.0 Å². The number of amides is 1. The Kier molecular flexibility index (Phi) is 5.31. The number of hydrogen-bond donors (Lipinski definition) is 0. The van der Waals surface area contributed by atoms with Crippen LogP contribution in [0.2, 0.25) is 0 Å². The lowest BCUT2D eigenvalue weighted by molar-refractivity contribution is -0.150. The lowest BCUT2D eigenvalue weighted by Crippen LogP contribution is -2.33. The van der Waals surface area contributed by atoms with Crippen molar-refractivity contribution in [2.75, 3.05) is 6.61 Å². The summed E-state index contributed by atoms with van der Waals surface area (Å²) in [6, 6.07) is 7.90. The molecule has 0 spiro atoms. The maximum absolute atomic E-state index is 12.2. The molecule has 0 saturated heterocycles. The highest BCUT2D eigenvalue weighted by molar-refractivity contribution is 7.10. The zero-order chi connectivity index (χ0) is 14.4. The van der Waals surface area contributed by atoms with E-state index < -0.39 is 5.97 Å². The van der Waals surface area contributed by atoms with Crippen LogP contribution in [0.15, 0.2) is 35.0 Å². The fraction of sp³-hybridized carbons (Fsp3) is 0.286. The Morgan fingerprint density at radius 2 is 1.65 bits per heavy atom. The van der Waals surface area contributed by atoms with Crippen LogP contribution in [-0.4, -0.2) is 23.4 Å². The second kappa shape index (κ2) is 7.21. The van der Waals surface area contributed by atoms with E-state index in [4.69, 9.17) is 4.74 Å². The average molecular weight is 309 g/mol. The smallest absolute Gasteiger partial charge is 0.303 e. The van der Waals surface area contributed by atoms with Crippen LogP contribution in [0.3, 0.4) is 0 Å². The number of esters is 1. The molecule has 2 heterocycles. The third-order valence-corrected chi connectivity index (χ3v) is 4.33. The van der Waals surface area contributed by atoms with Crippen molar-refractivity contribution < 1.29 is 14.3 Å². The predicted molar refractivity (Wildman–Crippen MR) is 79.5 cm³/mol. The zero-order valence-corrected chi connectivity index (χ0v) is 12.7. The normalized spacial score (nSPS) is 10.2. The van der Waals surface area contributed by atoms with Gasteiger partial charge in [0, 0.05) is 16.7 Å². The Morgan fingerprint density at radius 1 is 1.10 bits per heavy atom. The summed E-state index contributed by atoms with van der Waals surface area (Å²) in [5.74, 6) is -0.618. The van der Waals surface area contributed by atoms with Crippen LogP contribution in [0.25, 0.3) is 0 Å². The van der Waals surface area contributed by atoms with Gasteiger partial charge in [-0.2, -0.15) is 0 Å². The molecule has 0 aliphatic rings. The van der Waals surface area contributed by atoms with Crippen LogP contribution in [0, 0.1) is 0 Å². The van der Waals surface area contributed by atoms with Crippen LogP contribution in [0.4, 0.5) is 0 Å². The van der Waals surface area contributed by atoms with Crippen LogP contribution >= 0.6 is 22.7 Å². The second-order valence-corrected chi connectivity index (χ2v) is 6.25. The van der Waals surface area contributed by atoms with Crippen LogP contribution in [-0.2, 0) is 27.4 Å². The molecular formula is C14H15NO3S2. The van der Waals surface area contributed by atoms with Crippen molar-refractivity contribution in [2.45, 2.75) is 20.0 Å². The molecule has 0 bridgehead atoms. The van der Waals surface area contributed by atoms with Gasteiger partial charge >= 0.3 is 5.97 Å². The van der Waals surface area contributed by atoms with E-state index in [9.17, 15) is 9.59 Å². The van der Waals surface area contributed by atoms with Crippen molar-refractivity contribution in [3.05, 3.63) is 44.8 Å². The van der Waals surface area contributed by atoms with Gasteiger partial charge in [-0.3, -0.25) is 9.59 Å². The molecule has 0 fully saturated rings. The highest BCUT2D eigenvalue weighted by Gasteiger charge is 2.16. The SMILES string of the molecule is CC(=O)OCC(=O)N(Cc1cccs1)Cc1cccs1. The highest BCUT2D eigenvalue weighted by Crippen LogP contribution is 2.17. The molecular weight excluding hydrogens is 294 g/mol. The summed E-state index contributed by atoms with van der Waals surface area (Å²) in [4.78, 5) is 26.9. The molecule has 0 aliphatic carbocycles. The number of carbonyl (C=O) groups is 2. The Balaban J connectivity index is 2.02. The first-order chi connectivity index (χ1) is 9.65. The van der Waals surface area contributed by atoms with Crippen molar-refractivity contribution in [1.29, 1.82) is 0 Å². The van der Waals surface area contributed by atoms with Gasteiger partial charge in [0.1, 0.15) is 0 Å². The van der Waals surface area contributed by atoms with Crippen molar-refractivity contribution in [2.24, 2.45) is 0 Å². The van der Waals surface area contributed by atoms with E-state index in [-0.39, 0.29) is 12.5 Å². The van der Waals surface area contributed by atoms with Crippen LogP contribution in [0.1, 0.15) is 16.7 Å². The van der Waals surface area contributed by atoms with Gasteiger partial charge in [0.15, 0.2) is 6.61 Å². The molecule has 20 heavy (non-hydrogen) atoms. The number of rotatable bonds is 6. The second-order valence-electron chi connectivity index (χ2n) is 4.19. The van der Waals surface area contributed by atoms with E-state index in [0.29, 0.717) is 13.1 Å². The quantitative estimate of drug-likeness (QED) is 0.771. The largest absolute Gasteiger partial charge is 0.456 e. The lowest BCUT2D eigenvalue weighted by atomic mass is 10.3. The van der Waals surface area contributed by atoms with E-state index in [0.717, 1.165) is 9.75 Å². The number of thiophene rings is 2. The summed E-state index contributed by atoms with van der Waals surface area (Å²) in [7, 11) is 0. The first-order valence-corrected chi connectivity index (χ1v) is 7.87. The predicted octanol–water partition coefficient (Wildman–Crippen LogP) is 2.90. The van der Waals surface area contributed by atoms with Crippen molar-refractivity contribution in [1.82, 2.24) is 4.90 Å². The van der Waals surface area contributed by atoms with E-state index in [1.165, 1.54) is 6.92 Å². The molecule has 0 unspecified atom stereocenters. The lowest BCUT2D eigenvalue weighted by Gasteiger charge is -2.21.